The molecule has 1 aromatic carbocycles. The molecule has 1 heterocycles. The lowest BCUT2D eigenvalue weighted by atomic mass is 10.1. The van der Waals surface area contributed by atoms with Crippen molar-refractivity contribution in [3.8, 4) is 0 Å². The highest BCUT2D eigenvalue weighted by molar-refractivity contribution is 8.01. The molecule has 1 aromatic heterocycles. The van der Waals surface area contributed by atoms with Crippen molar-refractivity contribution in [1.82, 2.24) is 9.36 Å². The molecule has 2 rings (SSSR count). The first-order valence-electron chi connectivity index (χ1n) is 5.26. The lowest BCUT2D eigenvalue weighted by Crippen LogP contribution is -1.98. The molecule has 0 fully saturated rings. The van der Waals surface area contributed by atoms with Gasteiger partial charge in [0.1, 0.15) is 11.6 Å². The number of aromatic nitrogens is 2. The van der Waals surface area contributed by atoms with Gasteiger partial charge in [0.05, 0.1) is 0 Å². The van der Waals surface area contributed by atoms with Crippen molar-refractivity contribution in [2.75, 3.05) is 0 Å². The van der Waals surface area contributed by atoms with Crippen LogP contribution in [0.4, 0.5) is 4.39 Å². The highest BCUT2D eigenvalue weighted by Gasteiger charge is 2.14. The lowest BCUT2D eigenvalue weighted by molar-refractivity contribution is 0.101. The summed E-state index contributed by atoms with van der Waals surface area (Å²) < 4.78 is 18.3. The molecule has 3 nitrogen and oxygen atoms in total. The van der Waals surface area contributed by atoms with Crippen LogP contribution in [0.2, 0.25) is 0 Å². The molecule has 0 amide bonds. The van der Waals surface area contributed by atoms with Crippen LogP contribution in [0.5, 0.6) is 0 Å². The fourth-order valence-corrected chi connectivity index (χ4v) is 3.30. The standard InChI is InChI=1S/C12H11FN2OS2/c1-6-4-11(9(7(2)16)5-10(6)13)17-12-14-8(3)15-18-12/h4-5H,1-3H3. The predicted molar refractivity (Wildman–Crippen MR) is 69.9 cm³/mol. The van der Waals surface area contributed by atoms with E-state index in [0.29, 0.717) is 17.0 Å². The minimum atomic E-state index is -0.363. The summed E-state index contributed by atoms with van der Waals surface area (Å²) in [4.78, 5) is 16.5. The molecule has 0 aliphatic rings. The first-order valence-corrected chi connectivity index (χ1v) is 6.85. The van der Waals surface area contributed by atoms with Gasteiger partial charge in [-0.05, 0) is 50.0 Å². The van der Waals surface area contributed by atoms with Gasteiger partial charge < -0.3 is 0 Å². The van der Waals surface area contributed by atoms with Gasteiger partial charge in [0.15, 0.2) is 10.1 Å². The fourth-order valence-electron chi connectivity index (χ4n) is 1.43. The van der Waals surface area contributed by atoms with Crippen LogP contribution in [0.3, 0.4) is 0 Å². The third-order valence-electron chi connectivity index (χ3n) is 2.35. The summed E-state index contributed by atoms with van der Waals surface area (Å²) >= 11 is 2.62. The highest BCUT2D eigenvalue weighted by Crippen LogP contribution is 2.33. The number of benzene rings is 1. The summed E-state index contributed by atoms with van der Waals surface area (Å²) in [6.07, 6.45) is 0. The third kappa shape index (κ3) is 2.76. The Kier molecular flexibility index (Phi) is 3.77. The van der Waals surface area contributed by atoms with Crippen molar-refractivity contribution >= 4 is 29.1 Å². The fraction of sp³-hybridized carbons (Fsp3) is 0.250. The van der Waals surface area contributed by atoms with Gasteiger partial charge in [-0.2, -0.15) is 4.37 Å². The summed E-state index contributed by atoms with van der Waals surface area (Å²) in [6, 6.07) is 2.96. The summed E-state index contributed by atoms with van der Waals surface area (Å²) in [7, 11) is 0. The van der Waals surface area contributed by atoms with E-state index in [9.17, 15) is 9.18 Å². The lowest BCUT2D eigenvalue weighted by Gasteiger charge is -2.07. The number of carbonyl (C=O) groups is 1. The maximum Gasteiger partial charge on any atom is 0.174 e. The maximum absolute atomic E-state index is 13.5. The summed E-state index contributed by atoms with van der Waals surface area (Å²) in [5.41, 5.74) is 0.902. The van der Waals surface area contributed by atoms with Gasteiger partial charge in [0, 0.05) is 10.5 Å². The van der Waals surface area contributed by atoms with Gasteiger partial charge in [0.2, 0.25) is 0 Å². The van der Waals surface area contributed by atoms with E-state index >= 15 is 0 Å². The van der Waals surface area contributed by atoms with Crippen LogP contribution < -0.4 is 0 Å². The summed E-state index contributed by atoms with van der Waals surface area (Å²) in [6.45, 7) is 4.91. The minimum absolute atomic E-state index is 0.155. The number of hydrogen-bond acceptors (Lipinski definition) is 5. The molecule has 6 heteroatoms. The molecule has 94 valence electrons. The summed E-state index contributed by atoms with van der Waals surface area (Å²) in [5.74, 6) is 0.182. The Hall–Kier alpha value is -1.27. The maximum atomic E-state index is 13.5. The molecule has 0 saturated carbocycles. The van der Waals surface area contributed by atoms with E-state index in [2.05, 4.69) is 9.36 Å². The third-order valence-corrected chi connectivity index (χ3v) is 4.25. The topological polar surface area (TPSA) is 42.9 Å². The Morgan fingerprint density at radius 3 is 2.67 bits per heavy atom. The molecule has 0 aliphatic carbocycles. The van der Waals surface area contributed by atoms with Crippen molar-refractivity contribution in [2.45, 2.75) is 30.0 Å². The molecule has 0 saturated heterocycles. The molecule has 0 N–H and O–H groups in total. The van der Waals surface area contributed by atoms with Gasteiger partial charge in [-0.15, -0.1) is 0 Å². The van der Waals surface area contributed by atoms with Crippen LogP contribution in [0.1, 0.15) is 28.7 Å². The normalized spacial score (nSPS) is 10.7. The smallest absolute Gasteiger partial charge is 0.174 e. The first kappa shape index (κ1) is 13.2. The molecule has 0 bridgehead atoms. The zero-order chi connectivity index (χ0) is 13.3. The molecule has 0 radical (unpaired) electrons. The number of carbonyl (C=O) groups excluding carboxylic acids is 1. The predicted octanol–water partition coefficient (Wildman–Crippen LogP) is 3.65. The van der Waals surface area contributed by atoms with E-state index in [4.69, 9.17) is 0 Å². The number of ketones is 1. The highest BCUT2D eigenvalue weighted by atomic mass is 32.2. The van der Waals surface area contributed by atoms with Crippen molar-refractivity contribution in [3.63, 3.8) is 0 Å². The average molecular weight is 282 g/mol. The molecule has 0 atom stereocenters. The van der Waals surface area contributed by atoms with Crippen LogP contribution in [0.15, 0.2) is 21.4 Å². The molecule has 0 unspecified atom stereocenters. The Morgan fingerprint density at radius 1 is 1.39 bits per heavy atom. The van der Waals surface area contributed by atoms with Crippen molar-refractivity contribution in [2.24, 2.45) is 0 Å². The van der Waals surface area contributed by atoms with Crippen LogP contribution in [-0.2, 0) is 0 Å². The van der Waals surface area contributed by atoms with E-state index in [0.717, 1.165) is 9.24 Å². The quantitative estimate of drug-likeness (QED) is 0.806. The Bertz CT molecular complexity index is 610. The van der Waals surface area contributed by atoms with Crippen molar-refractivity contribution in [3.05, 3.63) is 34.9 Å². The molecule has 0 spiro atoms. The minimum Gasteiger partial charge on any atom is -0.294 e. The first-order chi connectivity index (χ1) is 8.47. The largest absolute Gasteiger partial charge is 0.294 e. The Labute approximate surface area is 113 Å². The second kappa shape index (κ2) is 5.16. The number of aryl methyl sites for hydroxylation is 2. The van der Waals surface area contributed by atoms with E-state index < -0.39 is 0 Å². The van der Waals surface area contributed by atoms with Gasteiger partial charge >= 0.3 is 0 Å². The van der Waals surface area contributed by atoms with E-state index in [-0.39, 0.29) is 11.6 Å². The number of hydrogen-bond donors (Lipinski definition) is 0. The molecular weight excluding hydrogens is 271 g/mol. The number of rotatable bonds is 3. The number of Topliss-reactive ketones (excluding diaryl/α,β-unsaturated/α-hetero) is 1. The van der Waals surface area contributed by atoms with Gasteiger partial charge in [0.25, 0.3) is 0 Å². The van der Waals surface area contributed by atoms with E-state index in [1.54, 1.807) is 13.0 Å². The van der Waals surface area contributed by atoms with Crippen molar-refractivity contribution < 1.29 is 9.18 Å². The van der Waals surface area contributed by atoms with Crippen LogP contribution in [0, 0.1) is 19.7 Å². The van der Waals surface area contributed by atoms with Crippen molar-refractivity contribution in [1.29, 1.82) is 0 Å². The second-order valence-electron chi connectivity index (χ2n) is 3.86. The van der Waals surface area contributed by atoms with Gasteiger partial charge in [-0.3, -0.25) is 4.79 Å². The SMILES string of the molecule is CC(=O)c1cc(F)c(C)cc1Sc1nc(C)ns1. The van der Waals surface area contributed by atoms with Crippen LogP contribution in [-0.4, -0.2) is 15.1 Å². The second-order valence-corrected chi connectivity index (χ2v) is 5.90. The monoisotopic (exact) mass is 282 g/mol. The zero-order valence-electron chi connectivity index (χ0n) is 10.2. The number of halogens is 1. The number of nitrogens with zero attached hydrogens (tertiary/aromatic N) is 2. The zero-order valence-corrected chi connectivity index (χ0v) is 11.8. The molecule has 18 heavy (non-hydrogen) atoms. The molecule has 0 aliphatic heterocycles. The van der Waals surface area contributed by atoms with E-state index in [1.165, 1.54) is 36.3 Å². The van der Waals surface area contributed by atoms with Gasteiger partial charge in [-0.25, -0.2) is 9.37 Å². The van der Waals surface area contributed by atoms with E-state index in [1.807, 2.05) is 6.92 Å². The Morgan fingerprint density at radius 2 is 2.11 bits per heavy atom. The molecule has 2 aromatic rings. The van der Waals surface area contributed by atoms with Gasteiger partial charge in [-0.1, -0.05) is 11.8 Å². The molecular formula is C12H11FN2OS2. The average Bonchev–Trinajstić information content (AvgIpc) is 2.68. The van der Waals surface area contributed by atoms with Crippen LogP contribution >= 0.6 is 23.3 Å². The Balaban J connectivity index is 2.42. The van der Waals surface area contributed by atoms with Crippen LogP contribution in [0.25, 0.3) is 0 Å². The summed E-state index contributed by atoms with van der Waals surface area (Å²) in [5, 5.41) is 0.